The SMILES string of the molecule is COCCN1CCN(C(=O)[C@@H]2CC(=O)N(CCc3ccc(OC)c(OC)c3)C2)CC1. The van der Waals surface area contributed by atoms with Crippen molar-refractivity contribution in [3.8, 4) is 11.5 Å². The van der Waals surface area contributed by atoms with Gasteiger partial charge in [-0.05, 0) is 24.1 Å². The van der Waals surface area contributed by atoms with Crippen LogP contribution in [0.1, 0.15) is 12.0 Å². The van der Waals surface area contributed by atoms with Crippen LogP contribution in [0.5, 0.6) is 11.5 Å². The molecule has 166 valence electrons. The van der Waals surface area contributed by atoms with Gasteiger partial charge in [0.2, 0.25) is 11.8 Å². The zero-order valence-corrected chi connectivity index (χ0v) is 18.3. The van der Waals surface area contributed by atoms with Gasteiger partial charge >= 0.3 is 0 Å². The first-order valence-electron chi connectivity index (χ1n) is 10.5. The van der Waals surface area contributed by atoms with E-state index < -0.39 is 0 Å². The Bertz CT molecular complexity index is 733. The summed E-state index contributed by atoms with van der Waals surface area (Å²) in [4.78, 5) is 31.4. The average Bonchev–Trinajstić information content (AvgIpc) is 3.16. The molecule has 8 heteroatoms. The molecule has 2 saturated heterocycles. The first kappa shape index (κ1) is 22.4. The number of ether oxygens (including phenoxy) is 3. The molecule has 0 bridgehead atoms. The molecule has 2 aliphatic rings. The number of methoxy groups -OCH3 is 3. The van der Waals surface area contributed by atoms with Crippen LogP contribution in [0.4, 0.5) is 0 Å². The Morgan fingerprint density at radius 3 is 2.43 bits per heavy atom. The van der Waals surface area contributed by atoms with Gasteiger partial charge in [-0.25, -0.2) is 0 Å². The molecule has 0 aliphatic carbocycles. The van der Waals surface area contributed by atoms with Crippen molar-refractivity contribution < 1.29 is 23.8 Å². The van der Waals surface area contributed by atoms with Crippen LogP contribution in [0.3, 0.4) is 0 Å². The fraction of sp³-hybridized carbons (Fsp3) is 0.636. The average molecular weight is 420 g/mol. The summed E-state index contributed by atoms with van der Waals surface area (Å²) in [5.74, 6) is 1.32. The van der Waals surface area contributed by atoms with Gasteiger partial charge in [0.15, 0.2) is 11.5 Å². The molecule has 30 heavy (non-hydrogen) atoms. The lowest BCUT2D eigenvalue weighted by molar-refractivity contribution is -0.137. The highest BCUT2D eigenvalue weighted by atomic mass is 16.5. The molecule has 0 saturated carbocycles. The molecule has 0 spiro atoms. The van der Waals surface area contributed by atoms with E-state index in [1.165, 1.54) is 0 Å². The molecule has 1 aromatic rings. The van der Waals surface area contributed by atoms with Crippen LogP contribution in [0.2, 0.25) is 0 Å². The summed E-state index contributed by atoms with van der Waals surface area (Å²) in [6.45, 7) is 5.87. The van der Waals surface area contributed by atoms with Gasteiger partial charge in [0, 0.05) is 59.3 Å². The second-order valence-electron chi connectivity index (χ2n) is 7.84. The summed E-state index contributed by atoms with van der Waals surface area (Å²) in [6, 6.07) is 5.79. The Labute approximate surface area is 178 Å². The summed E-state index contributed by atoms with van der Waals surface area (Å²) in [5, 5.41) is 0. The van der Waals surface area contributed by atoms with Crippen LogP contribution in [0.15, 0.2) is 18.2 Å². The number of carbonyl (C=O) groups excluding carboxylic acids is 2. The van der Waals surface area contributed by atoms with Crippen LogP contribution in [-0.2, 0) is 20.7 Å². The van der Waals surface area contributed by atoms with Crippen molar-refractivity contribution in [1.82, 2.24) is 14.7 Å². The molecule has 0 radical (unpaired) electrons. The molecule has 8 nitrogen and oxygen atoms in total. The van der Waals surface area contributed by atoms with Crippen LogP contribution >= 0.6 is 0 Å². The van der Waals surface area contributed by atoms with E-state index in [4.69, 9.17) is 14.2 Å². The minimum atomic E-state index is -0.228. The van der Waals surface area contributed by atoms with Crippen molar-refractivity contribution in [2.24, 2.45) is 5.92 Å². The minimum absolute atomic E-state index is 0.0626. The number of hydrogen-bond acceptors (Lipinski definition) is 6. The molecule has 1 aromatic carbocycles. The third-order valence-electron chi connectivity index (χ3n) is 5.98. The van der Waals surface area contributed by atoms with Crippen LogP contribution in [-0.4, -0.2) is 100 Å². The quantitative estimate of drug-likeness (QED) is 0.592. The molecular formula is C22H33N3O5. The third-order valence-corrected chi connectivity index (χ3v) is 5.98. The van der Waals surface area contributed by atoms with Gasteiger partial charge in [0.1, 0.15) is 0 Å². The highest BCUT2D eigenvalue weighted by Crippen LogP contribution is 2.28. The Hall–Kier alpha value is -2.32. The molecule has 2 amide bonds. The summed E-state index contributed by atoms with van der Waals surface area (Å²) in [5.41, 5.74) is 1.07. The number of likely N-dealkylation sites (tertiary alicyclic amines) is 1. The van der Waals surface area contributed by atoms with Gasteiger partial charge in [-0.1, -0.05) is 6.07 Å². The highest BCUT2D eigenvalue weighted by Gasteiger charge is 2.37. The van der Waals surface area contributed by atoms with Crippen molar-refractivity contribution >= 4 is 11.8 Å². The predicted octanol–water partition coefficient (Wildman–Crippen LogP) is 0.885. The highest BCUT2D eigenvalue weighted by molar-refractivity contribution is 5.89. The van der Waals surface area contributed by atoms with E-state index in [1.54, 1.807) is 21.3 Å². The van der Waals surface area contributed by atoms with E-state index in [0.29, 0.717) is 44.0 Å². The van der Waals surface area contributed by atoms with Crippen molar-refractivity contribution in [3.05, 3.63) is 23.8 Å². The predicted molar refractivity (Wildman–Crippen MR) is 113 cm³/mol. The second kappa shape index (κ2) is 10.6. The molecular weight excluding hydrogens is 386 g/mol. The van der Waals surface area contributed by atoms with E-state index in [9.17, 15) is 9.59 Å². The number of piperazine rings is 1. The maximum absolute atomic E-state index is 12.9. The van der Waals surface area contributed by atoms with Crippen LogP contribution < -0.4 is 9.47 Å². The zero-order valence-electron chi connectivity index (χ0n) is 18.3. The number of benzene rings is 1. The van der Waals surface area contributed by atoms with Gasteiger partial charge in [-0.2, -0.15) is 0 Å². The molecule has 0 unspecified atom stereocenters. The van der Waals surface area contributed by atoms with E-state index >= 15 is 0 Å². The van der Waals surface area contributed by atoms with Gasteiger partial charge in [0.05, 0.1) is 26.7 Å². The van der Waals surface area contributed by atoms with Crippen LogP contribution in [0, 0.1) is 5.92 Å². The molecule has 0 aromatic heterocycles. The fourth-order valence-electron chi connectivity index (χ4n) is 4.12. The standard InChI is InChI=1S/C22H33N3O5/c1-28-13-12-23-8-10-24(11-9-23)22(27)18-15-21(26)25(16-18)7-6-17-4-5-19(29-2)20(14-17)30-3/h4-5,14,18H,6-13,15-16H2,1-3H3/t18-/m1/s1. The molecule has 2 heterocycles. The third kappa shape index (κ3) is 5.43. The molecule has 2 fully saturated rings. The van der Waals surface area contributed by atoms with E-state index in [0.717, 1.165) is 38.3 Å². The van der Waals surface area contributed by atoms with Crippen molar-refractivity contribution in [3.63, 3.8) is 0 Å². The Morgan fingerprint density at radius 1 is 1.03 bits per heavy atom. The van der Waals surface area contributed by atoms with Gasteiger partial charge < -0.3 is 24.0 Å². The topological polar surface area (TPSA) is 71.6 Å². The smallest absolute Gasteiger partial charge is 0.228 e. The molecule has 1 atom stereocenters. The molecule has 0 N–H and O–H groups in total. The summed E-state index contributed by atoms with van der Waals surface area (Å²) >= 11 is 0. The number of nitrogens with zero attached hydrogens (tertiary/aromatic N) is 3. The van der Waals surface area contributed by atoms with Gasteiger partial charge in [-0.3, -0.25) is 14.5 Å². The number of amides is 2. The van der Waals surface area contributed by atoms with Crippen molar-refractivity contribution in [2.75, 3.05) is 73.7 Å². The lowest BCUT2D eigenvalue weighted by atomic mass is 10.1. The lowest BCUT2D eigenvalue weighted by Crippen LogP contribution is -2.51. The molecule has 2 aliphatic heterocycles. The molecule has 3 rings (SSSR count). The Balaban J connectivity index is 1.48. The lowest BCUT2D eigenvalue weighted by Gasteiger charge is -2.35. The van der Waals surface area contributed by atoms with E-state index in [-0.39, 0.29) is 17.7 Å². The monoisotopic (exact) mass is 419 g/mol. The first-order chi connectivity index (χ1) is 14.5. The maximum Gasteiger partial charge on any atom is 0.228 e. The van der Waals surface area contributed by atoms with Gasteiger partial charge in [0.25, 0.3) is 0 Å². The Morgan fingerprint density at radius 2 is 1.77 bits per heavy atom. The van der Waals surface area contributed by atoms with Crippen molar-refractivity contribution in [1.29, 1.82) is 0 Å². The number of carbonyl (C=O) groups is 2. The summed E-state index contributed by atoms with van der Waals surface area (Å²) < 4.78 is 15.7. The zero-order chi connectivity index (χ0) is 21.5. The largest absolute Gasteiger partial charge is 0.493 e. The summed E-state index contributed by atoms with van der Waals surface area (Å²) in [7, 11) is 4.92. The number of rotatable bonds is 9. The first-order valence-corrected chi connectivity index (χ1v) is 10.5. The van der Waals surface area contributed by atoms with Crippen LogP contribution in [0.25, 0.3) is 0 Å². The Kier molecular flexibility index (Phi) is 7.93. The fourth-order valence-corrected chi connectivity index (χ4v) is 4.12. The van der Waals surface area contributed by atoms with Crippen molar-refractivity contribution in [2.45, 2.75) is 12.8 Å². The van der Waals surface area contributed by atoms with Gasteiger partial charge in [-0.15, -0.1) is 0 Å². The van der Waals surface area contributed by atoms with E-state index in [2.05, 4.69) is 4.90 Å². The minimum Gasteiger partial charge on any atom is -0.493 e. The summed E-state index contributed by atoms with van der Waals surface area (Å²) in [6.07, 6.45) is 1.03. The van der Waals surface area contributed by atoms with E-state index in [1.807, 2.05) is 28.0 Å². The second-order valence-corrected chi connectivity index (χ2v) is 7.84. The number of hydrogen-bond donors (Lipinski definition) is 0. The maximum atomic E-state index is 12.9. The normalized spacial score (nSPS) is 20.0.